The first-order chi connectivity index (χ1) is 16.4. The molecule has 2 aromatic heterocycles. The number of thiophene rings is 1. The van der Waals surface area contributed by atoms with Crippen molar-refractivity contribution < 1.29 is 14.0 Å². The number of carbonyl (C=O) groups excluding carboxylic acids is 2. The van der Waals surface area contributed by atoms with Crippen LogP contribution < -0.4 is 21.9 Å². The van der Waals surface area contributed by atoms with Gasteiger partial charge in [0.15, 0.2) is 0 Å². The lowest BCUT2D eigenvalue weighted by molar-refractivity contribution is -0.122. The monoisotopic (exact) mass is 480 g/mol. The van der Waals surface area contributed by atoms with Crippen LogP contribution >= 0.6 is 11.3 Å². The molecule has 174 valence electrons. The Kier molecular flexibility index (Phi) is 6.98. The van der Waals surface area contributed by atoms with Gasteiger partial charge in [0.1, 0.15) is 17.1 Å². The first-order valence-electron chi connectivity index (χ1n) is 10.5. The summed E-state index contributed by atoms with van der Waals surface area (Å²) >= 11 is 1.17. The van der Waals surface area contributed by atoms with Gasteiger partial charge in [-0.15, -0.1) is 11.3 Å². The van der Waals surface area contributed by atoms with Crippen LogP contribution in [0.3, 0.4) is 0 Å². The Morgan fingerprint density at radius 3 is 2.38 bits per heavy atom. The smallest absolute Gasteiger partial charge is 0.332 e. The van der Waals surface area contributed by atoms with Gasteiger partial charge >= 0.3 is 5.69 Å². The van der Waals surface area contributed by atoms with Gasteiger partial charge in [-0.05, 0) is 41.3 Å². The maximum Gasteiger partial charge on any atom is 0.332 e. The third-order valence-corrected chi connectivity index (χ3v) is 6.05. The molecule has 0 atom stereocenters. The highest BCUT2D eigenvalue weighted by atomic mass is 32.1. The topological polar surface area (TPSA) is 102 Å². The second-order valence-electron chi connectivity index (χ2n) is 7.53. The normalized spacial score (nSPS) is 10.9. The third-order valence-electron chi connectivity index (χ3n) is 5.16. The molecule has 2 aromatic carbocycles. The number of rotatable bonds is 8. The molecular formula is C24H21FN4O4S. The highest BCUT2D eigenvalue weighted by molar-refractivity contribution is 7.17. The van der Waals surface area contributed by atoms with E-state index in [-0.39, 0.29) is 25.4 Å². The second kappa shape index (κ2) is 10.3. The number of fused-ring (bicyclic) bond motifs is 1. The molecule has 0 spiro atoms. The molecule has 0 saturated carbocycles. The van der Waals surface area contributed by atoms with E-state index >= 15 is 0 Å². The minimum Gasteiger partial charge on any atom is -0.350 e. The van der Waals surface area contributed by atoms with Crippen LogP contribution in [0.15, 0.2) is 75.6 Å². The van der Waals surface area contributed by atoms with Crippen LogP contribution in [0.5, 0.6) is 0 Å². The summed E-state index contributed by atoms with van der Waals surface area (Å²) in [6.07, 6.45) is -0.149. The summed E-state index contributed by atoms with van der Waals surface area (Å²) in [6.45, 7) is -0.116. The van der Waals surface area contributed by atoms with Crippen LogP contribution in [0, 0.1) is 5.82 Å². The van der Waals surface area contributed by atoms with Crippen molar-refractivity contribution in [2.24, 2.45) is 0 Å². The largest absolute Gasteiger partial charge is 0.350 e. The molecule has 10 heteroatoms. The van der Waals surface area contributed by atoms with Crippen LogP contribution in [0.2, 0.25) is 0 Å². The van der Waals surface area contributed by atoms with Gasteiger partial charge in [0.2, 0.25) is 11.8 Å². The minimum atomic E-state index is -0.666. The molecule has 0 unspecified atom stereocenters. The van der Waals surface area contributed by atoms with E-state index in [0.29, 0.717) is 22.4 Å². The van der Waals surface area contributed by atoms with Crippen molar-refractivity contribution in [1.29, 1.82) is 0 Å². The van der Waals surface area contributed by atoms with Crippen molar-refractivity contribution in [3.8, 4) is 0 Å². The van der Waals surface area contributed by atoms with Gasteiger partial charge < -0.3 is 10.6 Å². The summed E-state index contributed by atoms with van der Waals surface area (Å²) in [6, 6.07) is 16.2. The molecule has 0 saturated heterocycles. The summed E-state index contributed by atoms with van der Waals surface area (Å²) in [4.78, 5) is 50.8. The second-order valence-corrected chi connectivity index (χ2v) is 8.44. The maximum atomic E-state index is 13.1. The van der Waals surface area contributed by atoms with Gasteiger partial charge in [-0.25, -0.2) is 9.18 Å². The number of halogens is 1. The zero-order valence-electron chi connectivity index (χ0n) is 18.0. The number of nitrogens with one attached hydrogen (secondary N) is 2. The lowest BCUT2D eigenvalue weighted by atomic mass is 10.2. The molecule has 34 heavy (non-hydrogen) atoms. The summed E-state index contributed by atoms with van der Waals surface area (Å²) < 4.78 is 15.6. The van der Waals surface area contributed by atoms with Crippen molar-refractivity contribution in [2.45, 2.75) is 26.1 Å². The SMILES string of the molecule is O=C(Cn1c(=O)n(CCC(=O)Nc2ccc(F)cc2)c(=O)c2sccc21)NCc1ccccc1. The minimum absolute atomic E-state index is 0.149. The standard InChI is InChI=1S/C24H21FN4O4S/c25-17-6-8-18(9-7-17)27-20(30)10-12-28-23(32)22-19(11-13-34-22)29(24(28)33)15-21(31)26-14-16-4-2-1-3-5-16/h1-9,11,13H,10,12,14-15H2,(H,26,31)(H,27,30). The number of carbonyl (C=O) groups is 2. The predicted molar refractivity (Wildman–Crippen MR) is 128 cm³/mol. The van der Waals surface area contributed by atoms with Gasteiger partial charge in [0.25, 0.3) is 5.56 Å². The molecule has 0 aliphatic carbocycles. The van der Waals surface area contributed by atoms with E-state index < -0.39 is 23.0 Å². The van der Waals surface area contributed by atoms with Crippen LogP contribution in [0.4, 0.5) is 10.1 Å². The Hall–Kier alpha value is -4.05. The Morgan fingerprint density at radius 1 is 0.912 bits per heavy atom. The van der Waals surface area contributed by atoms with E-state index in [9.17, 15) is 23.6 Å². The number of benzene rings is 2. The lowest BCUT2D eigenvalue weighted by Crippen LogP contribution is -2.42. The molecule has 0 fully saturated rings. The van der Waals surface area contributed by atoms with Crippen LogP contribution in [0.1, 0.15) is 12.0 Å². The van der Waals surface area contributed by atoms with Crippen molar-refractivity contribution in [1.82, 2.24) is 14.5 Å². The molecule has 0 bridgehead atoms. The fourth-order valence-corrected chi connectivity index (χ4v) is 4.29. The first-order valence-corrected chi connectivity index (χ1v) is 11.4. The van der Waals surface area contributed by atoms with E-state index in [0.717, 1.165) is 10.1 Å². The predicted octanol–water partition coefficient (Wildman–Crippen LogP) is 2.71. The van der Waals surface area contributed by atoms with Crippen LogP contribution in [-0.2, 0) is 29.2 Å². The van der Waals surface area contributed by atoms with Crippen LogP contribution in [0.25, 0.3) is 10.2 Å². The number of aromatic nitrogens is 2. The molecule has 4 rings (SSSR count). The van der Waals surface area contributed by atoms with Crippen molar-refractivity contribution in [3.05, 3.63) is 98.3 Å². The van der Waals surface area contributed by atoms with Gasteiger partial charge in [0.05, 0.1) is 5.52 Å². The quantitative estimate of drug-likeness (QED) is 0.405. The maximum absolute atomic E-state index is 13.1. The summed E-state index contributed by atoms with van der Waals surface area (Å²) in [5, 5.41) is 7.05. The molecule has 0 aliphatic rings. The molecule has 0 aliphatic heterocycles. The van der Waals surface area contributed by atoms with Crippen LogP contribution in [-0.4, -0.2) is 20.9 Å². The van der Waals surface area contributed by atoms with Gasteiger partial charge in [-0.2, -0.15) is 0 Å². The van der Waals surface area contributed by atoms with E-state index in [4.69, 9.17) is 0 Å². The Balaban J connectivity index is 1.50. The Labute approximate surface area is 197 Å². The number of nitrogens with zero attached hydrogens (tertiary/aromatic N) is 2. The van der Waals surface area contributed by atoms with Crippen molar-refractivity contribution in [2.75, 3.05) is 5.32 Å². The van der Waals surface area contributed by atoms with Crippen molar-refractivity contribution >= 4 is 39.1 Å². The number of hydrogen-bond acceptors (Lipinski definition) is 5. The fourth-order valence-electron chi connectivity index (χ4n) is 3.45. The average molecular weight is 481 g/mol. The highest BCUT2D eigenvalue weighted by Crippen LogP contribution is 2.15. The molecule has 4 aromatic rings. The Morgan fingerprint density at radius 2 is 1.65 bits per heavy atom. The Bertz CT molecular complexity index is 1440. The van der Waals surface area contributed by atoms with Gasteiger partial charge in [-0.3, -0.25) is 23.5 Å². The lowest BCUT2D eigenvalue weighted by Gasteiger charge is -2.12. The highest BCUT2D eigenvalue weighted by Gasteiger charge is 2.17. The van der Waals surface area contributed by atoms with Crippen molar-refractivity contribution in [3.63, 3.8) is 0 Å². The number of amides is 2. The summed E-state index contributed by atoms with van der Waals surface area (Å²) in [5.41, 5.74) is 0.522. The zero-order chi connectivity index (χ0) is 24.1. The molecular weight excluding hydrogens is 459 g/mol. The first kappa shape index (κ1) is 23.1. The number of hydrogen-bond donors (Lipinski definition) is 2. The molecule has 8 nitrogen and oxygen atoms in total. The molecule has 2 N–H and O–H groups in total. The van der Waals surface area contributed by atoms with E-state index in [1.54, 1.807) is 11.4 Å². The van der Waals surface area contributed by atoms with E-state index in [1.165, 1.54) is 40.2 Å². The number of anilines is 1. The summed E-state index contributed by atoms with van der Waals surface area (Å²) in [7, 11) is 0. The third kappa shape index (κ3) is 5.29. The molecule has 2 amide bonds. The summed E-state index contributed by atoms with van der Waals surface area (Å²) in [5.74, 6) is -1.24. The molecule has 0 radical (unpaired) electrons. The van der Waals surface area contributed by atoms with Gasteiger partial charge in [-0.1, -0.05) is 30.3 Å². The van der Waals surface area contributed by atoms with E-state index in [2.05, 4.69) is 10.6 Å². The fraction of sp³-hybridized carbons (Fsp3) is 0.167. The average Bonchev–Trinajstić information content (AvgIpc) is 3.33. The zero-order valence-corrected chi connectivity index (χ0v) is 18.8. The van der Waals surface area contributed by atoms with Gasteiger partial charge in [0, 0.05) is 25.2 Å². The molecule has 2 heterocycles. The van der Waals surface area contributed by atoms with E-state index in [1.807, 2.05) is 30.3 Å².